The number of esters is 2. The second kappa shape index (κ2) is 9.15. The van der Waals surface area contributed by atoms with Gasteiger partial charge in [0.25, 0.3) is 0 Å². The number of ether oxygens (including phenoxy) is 2. The number of hydrogen-bond donors (Lipinski definition) is 1. The number of amides is 1. The molecule has 0 aliphatic carbocycles. The maximum absolute atomic E-state index is 12.5. The number of aryl methyl sites for hydroxylation is 1. The van der Waals surface area contributed by atoms with Gasteiger partial charge in [0, 0.05) is 10.4 Å². The lowest BCUT2D eigenvalue weighted by Gasteiger charge is -2.09. The third kappa shape index (κ3) is 4.70. The summed E-state index contributed by atoms with van der Waals surface area (Å²) < 4.78 is 9.95. The third-order valence-corrected chi connectivity index (χ3v) is 4.51. The molecule has 2 aromatic rings. The Hall–Kier alpha value is -2.67. The Balaban J connectivity index is 2.38. The monoisotopic (exact) mass is 375 g/mol. The van der Waals surface area contributed by atoms with Crippen LogP contribution in [0.15, 0.2) is 30.3 Å². The molecule has 26 heavy (non-hydrogen) atoms. The van der Waals surface area contributed by atoms with Crippen molar-refractivity contribution in [2.75, 3.05) is 18.5 Å². The van der Waals surface area contributed by atoms with Gasteiger partial charge in [0.1, 0.15) is 17.0 Å². The van der Waals surface area contributed by atoms with Gasteiger partial charge in [-0.3, -0.25) is 9.59 Å². The van der Waals surface area contributed by atoms with Crippen LogP contribution in [0.5, 0.6) is 0 Å². The summed E-state index contributed by atoms with van der Waals surface area (Å²) >= 11 is 1.27. The van der Waals surface area contributed by atoms with E-state index in [0.717, 1.165) is 16.0 Å². The van der Waals surface area contributed by atoms with Crippen LogP contribution in [0.25, 0.3) is 11.1 Å². The molecule has 1 N–H and O–H groups in total. The molecule has 7 heteroatoms. The molecular weight excluding hydrogens is 354 g/mol. The molecule has 0 atom stereocenters. The third-order valence-electron chi connectivity index (χ3n) is 3.49. The first-order chi connectivity index (χ1) is 12.5. The quantitative estimate of drug-likeness (QED) is 0.588. The fourth-order valence-electron chi connectivity index (χ4n) is 2.50. The first-order valence-corrected chi connectivity index (χ1v) is 9.10. The van der Waals surface area contributed by atoms with Gasteiger partial charge in [-0.15, -0.1) is 11.3 Å². The number of thiophene rings is 1. The normalized spacial score (nSPS) is 10.3. The van der Waals surface area contributed by atoms with Gasteiger partial charge in [0.2, 0.25) is 5.91 Å². The van der Waals surface area contributed by atoms with Gasteiger partial charge in [0.05, 0.1) is 13.2 Å². The smallest absolute Gasteiger partial charge is 0.341 e. The molecule has 6 nitrogen and oxygen atoms in total. The first-order valence-electron chi connectivity index (χ1n) is 8.29. The fourth-order valence-corrected chi connectivity index (χ4v) is 3.58. The van der Waals surface area contributed by atoms with Crippen molar-refractivity contribution in [3.63, 3.8) is 0 Å². The molecule has 138 valence electrons. The maximum Gasteiger partial charge on any atom is 0.341 e. The van der Waals surface area contributed by atoms with E-state index in [1.165, 1.54) is 11.3 Å². The van der Waals surface area contributed by atoms with Crippen molar-refractivity contribution in [2.45, 2.75) is 27.2 Å². The topological polar surface area (TPSA) is 81.7 Å². The zero-order chi connectivity index (χ0) is 19.1. The largest absolute Gasteiger partial charge is 0.466 e. The van der Waals surface area contributed by atoms with Crippen molar-refractivity contribution < 1.29 is 23.9 Å². The summed E-state index contributed by atoms with van der Waals surface area (Å²) in [5.74, 6) is -1.66. The van der Waals surface area contributed by atoms with Crippen LogP contribution in [0.2, 0.25) is 0 Å². The number of benzene rings is 1. The summed E-state index contributed by atoms with van der Waals surface area (Å²) in [7, 11) is 0. The molecule has 1 heterocycles. The minimum Gasteiger partial charge on any atom is -0.466 e. The van der Waals surface area contributed by atoms with Crippen LogP contribution in [0.3, 0.4) is 0 Å². The molecule has 1 amide bonds. The second-order valence-electron chi connectivity index (χ2n) is 5.35. The molecule has 0 saturated heterocycles. The Morgan fingerprint density at radius 2 is 1.69 bits per heavy atom. The molecule has 2 rings (SSSR count). The molecule has 0 spiro atoms. The highest BCUT2D eigenvalue weighted by molar-refractivity contribution is 7.17. The number of carbonyl (C=O) groups is 3. The minimum atomic E-state index is -0.612. The van der Waals surface area contributed by atoms with Crippen LogP contribution < -0.4 is 5.32 Å². The number of hydrogen-bond acceptors (Lipinski definition) is 6. The predicted octanol–water partition coefficient (Wildman–Crippen LogP) is 3.79. The Morgan fingerprint density at radius 3 is 2.31 bits per heavy atom. The van der Waals surface area contributed by atoms with E-state index >= 15 is 0 Å². The van der Waals surface area contributed by atoms with Crippen LogP contribution in [-0.2, 0) is 19.1 Å². The average Bonchev–Trinajstić information content (AvgIpc) is 2.91. The van der Waals surface area contributed by atoms with Crippen molar-refractivity contribution in [1.29, 1.82) is 0 Å². The molecule has 0 aliphatic heterocycles. The summed E-state index contributed by atoms with van der Waals surface area (Å²) in [5.41, 5.74) is 1.88. The van der Waals surface area contributed by atoms with E-state index in [1.807, 2.05) is 37.3 Å². The second-order valence-corrected chi connectivity index (χ2v) is 6.58. The van der Waals surface area contributed by atoms with Crippen LogP contribution in [0, 0.1) is 6.92 Å². The van der Waals surface area contributed by atoms with Gasteiger partial charge >= 0.3 is 11.9 Å². The van der Waals surface area contributed by atoms with Crippen LogP contribution >= 0.6 is 11.3 Å². The zero-order valence-electron chi connectivity index (χ0n) is 15.0. The SMILES string of the molecule is CCOC(=O)CC(=O)Nc1sc(C)c(-c2ccccc2)c1C(=O)OCC. The van der Waals surface area contributed by atoms with Crippen LogP contribution in [0.4, 0.5) is 5.00 Å². The van der Waals surface area contributed by atoms with Gasteiger partial charge in [-0.25, -0.2) is 4.79 Å². The first kappa shape index (κ1) is 19.7. The number of anilines is 1. The highest BCUT2D eigenvalue weighted by Crippen LogP contribution is 2.40. The highest BCUT2D eigenvalue weighted by Gasteiger charge is 2.25. The van der Waals surface area contributed by atoms with E-state index in [4.69, 9.17) is 9.47 Å². The zero-order valence-corrected chi connectivity index (χ0v) is 15.8. The summed E-state index contributed by atoms with van der Waals surface area (Å²) in [6.45, 7) is 5.69. The van der Waals surface area contributed by atoms with Gasteiger partial charge in [0.15, 0.2) is 0 Å². The molecule has 0 fully saturated rings. The molecule has 0 aliphatic rings. The van der Waals surface area contributed by atoms with Crippen molar-refractivity contribution >= 4 is 34.2 Å². The van der Waals surface area contributed by atoms with E-state index in [2.05, 4.69) is 5.32 Å². The average molecular weight is 375 g/mol. The van der Waals surface area contributed by atoms with Gasteiger partial charge < -0.3 is 14.8 Å². The lowest BCUT2D eigenvalue weighted by molar-refractivity contribution is -0.145. The van der Waals surface area contributed by atoms with Crippen molar-refractivity contribution in [3.05, 3.63) is 40.8 Å². The van der Waals surface area contributed by atoms with Gasteiger partial charge in [-0.2, -0.15) is 0 Å². The molecular formula is C19H21NO5S. The lowest BCUT2D eigenvalue weighted by Crippen LogP contribution is -2.19. The summed E-state index contributed by atoms with van der Waals surface area (Å²) in [6, 6.07) is 9.42. The maximum atomic E-state index is 12.5. The van der Waals surface area contributed by atoms with Crippen molar-refractivity contribution in [3.8, 4) is 11.1 Å². The number of carbonyl (C=O) groups excluding carboxylic acids is 3. The summed E-state index contributed by atoms with van der Waals surface area (Å²) in [5, 5.41) is 3.02. The van der Waals surface area contributed by atoms with Crippen molar-refractivity contribution in [2.24, 2.45) is 0 Å². The lowest BCUT2D eigenvalue weighted by atomic mass is 10.0. The van der Waals surface area contributed by atoms with Crippen LogP contribution in [-0.4, -0.2) is 31.1 Å². The van der Waals surface area contributed by atoms with E-state index in [1.54, 1.807) is 13.8 Å². The molecule has 1 aromatic heterocycles. The molecule has 0 unspecified atom stereocenters. The molecule has 1 aromatic carbocycles. The van der Waals surface area contributed by atoms with E-state index in [9.17, 15) is 14.4 Å². The van der Waals surface area contributed by atoms with Gasteiger partial charge in [-0.1, -0.05) is 30.3 Å². The number of rotatable bonds is 7. The number of nitrogens with one attached hydrogen (secondary N) is 1. The standard InChI is InChI=1S/C19H21NO5S/c1-4-24-15(22)11-14(21)20-18-17(19(23)25-5-2)16(12(3)26-18)13-9-7-6-8-10-13/h6-10H,4-5,11H2,1-3H3,(H,20,21). The highest BCUT2D eigenvalue weighted by atomic mass is 32.1. The molecule has 0 bridgehead atoms. The van der Waals surface area contributed by atoms with Crippen molar-refractivity contribution in [1.82, 2.24) is 0 Å². The molecule has 0 radical (unpaired) electrons. The minimum absolute atomic E-state index is 0.205. The Kier molecular flexibility index (Phi) is 6.91. The van der Waals surface area contributed by atoms with E-state index < -0.39 is 24.3 Å². The Bertz CT molecular complexity index is 798. The van der Waals surface area contributed by atoms with Crippen LogP contribution in [0.1, 0.15) is 35.5 Å². The fraction of sp³-hybridized carbons (Fsp3) is 0.316. The molecule has 0 saturated carbocycles. The van der Waals surface area contributed by atoms with E-state index in [-0.39, 0.29) is 13.2 Å². The Labute approximate surface area is 156 Å². The summed E-state index contributed by atoms with van der Waals surface area (Å²) in [4.78, 5) is 37.0. The predicted molar refractivity (Wildman–Crippen MR) is 100 cm³/mol. The Morgan fingerprint density at radius 1 is 1.04 bits per heavy atom. The summed E-state index contributed by atoms with van der Waals surface area (Å²) in [6.07, 6.45) is -0.409. The van der Waals surface area contributed by atoms with Gasteiger partial charge in [-0.05, 0) is 26.3 Å². The van der Waals surface area contributed by atoms with E-state index in [0.29, 0.717) is 10.6 Å².